The van der Waals surface area contributed by atoms with E-state index in [1.807, 2.05) is 18.2 Å². The Labute approximate surface area is 132 Å². The number of rotatable bonds is 5. The van der Waals surface area contributed by atoms with Gasteiger partial charge < -0.3 is 14.6 Å². The number of halogens is 1. The summed E-state index contributed by atoms with van der Waals surface area (Å²) in [6.07, 6.45) is 3.06. The van der Waals surface area contributed by atoms with E-state index < -0.39 is 11.4 Å². The van der Waals surface area contributed by atoms with Crippen LogP contribution in [0.15, 0.2) is 22.7 Å². The Morgan fingerprint density at radius 3 is 2.90 bits per heavy atom. The molecule has 1 aliphatic heterocycles. The van der Waals surface area contributed by atoms with E-state index in [1.165, 1.54) is 0 Å². The van der Waals surface area contributed by atoms with E-state index in [4.69, 9.17) is 9.47 Å². The Balaban J connectivity index is 1.94. The maximum absolute atomic E-state index is 12.0. The monoisotopic (exact) mass is 354 g/mol. The van der Waals surface area contributed by atoms with Crippen molar-refractivity contribution in [2.24, 2.45) is 11.3 Å². The highest BCUT2D eigenvalue weighted by atomic mass is 79.9. The Bertz CT molecular complexity index is 555. The molecule has 1 aliphatic carbocycles. The van der Waals surface area contributed by atoms with Gasteiger partial charge in [0, 0.05) is 11.1 Å². The zero-order valence-corrected chi connectivity index (χ0v) is 13.6. The molecule has 2 atom stereocenters. The predicted octanol–water partition coefficient (Wildman–Crippen LogP) is 3.27. The molecule has 0 radical (unpaired) electrons. The standard InChI is InChI=1S/C16H19BrO4/c1-20-12-4-5-13(17)11(8-12)9-16(15(18)19)6-7-21-14(16)10-2-3-10/h4-5,8,10,14H,2-3,6-7,9H2,1H3,(H,18,19). The fourth-order valence-corrected chi connectivity index (χ4v) is 3.69. The Morgan fingerprint density at radius 2 is 2.29 bits per heavy atom. The molecule has 0 spiro atoms. The van der Waals surface area contributed by atoms with Crippen LogP contribution in [0, 0.1) is 11.3 Å². The van der Waals surface area contributed by atoms with Gasteiger partial charge in [-0.3, -0.25) is 4.79 Å². The largest absolute Gasteiger partial charge is 0.497 e. The molecule has 1 N–H and O–H groups in total. The van der Waals surface area contributed by atoms with Crippen LogP contribution in [-0.2, 0) is 16.0 Å². The minimum atomic E-state index is -0.809. The SMILES string of the molecule is COc1ccc(Br)c(CC2(C(=O)O)CCOC2C2CC2)c1. The van der Waals surface area contributed by atoms with Crippen LogP contribution in [0.5, 0.6) is 5.75 Å². The molecule has 1 heterocycles. The molecule has 1 saturated heterocycles. The van der Waals surface area contributed by atoms with Crippen molar-refractivity contribution in [1.82, 2.24) is 0 Å². The Hall–Kier alpha value is -1.07. The third kappa shape index (κ3) is 2.69. The van der Waals surface area contributed by atoms with Gasteiger partial charge in [0.15, 0.2) is 0 Å². The van der Waals surface area contributed by atoms with Gasteiger partial charge in [0.2, 0.25) is 0 Å². The quantitative estimate of drug-likeness (QED) is 0.881. The fraction of sp³-hybridized carbons (Fsp3) is 0.562. The number of benzene rings is 1. The predicted molar refractivity (Wildman–Crippen MR) is 81.5 cm³/mol. The molecule has 0 amide bonds. The van der Waals surface area contributed by atoms with Crippen molar-refractivity contribution >= 4 is 21.9 Å². The molecule has 114 valence electrons. The highest BCUT2D eigenvalue weighted by Gasteiger charge is 2.55. The summed E-state index contributed by atoms with van der Waals surface area (Å²) in [4.78, 5) is 12.0. The molecule has 0 bridgehead atoms. The fourth-order valence-electron chi connectivity index (χ4n) is 3.30. The van der Waals surface area contributed by atoms with Crippen molar-refractivity contribution < 1.29 is 19.4 Å². The van der Waals surface area contributed by atoms with E-state index in [0.29, 0.717) is 25.4 Å². The highest BCUT2D eigenvalue weighted by molar-refractivity contribution is 9.10. The molecular weight excluding hydrogens is 336 g/mol. The van der Waals surface area contributed by atoms with Gasteiger partial charge in [0.05, 0.1) is 13.2 Å². The minimum Gasteiger partial charge on any atom is -0.497 e. The van der Waals surface area contributed by atoms with E-state index in [2.05, 4.69) is 15.9 Å². The second-order valence-electron chi connectivity index (χ2n) is 5.97. The number of hydrogen-bond donors (Lipinski definition) is 1. The average Bonchev–Trinajstić information content (AvgIpc) is 3.22. The molecule has 0 aromatic heterocycles. The highest BCUT2D eigenvalue weighted by Crippen LogP contribution is 2.50. The lowest BCUT2D eigenvalue weighted by molar-refractivity contribution is -0.153. The third-order valence-electron chi connectivity index (χ3n) is 4.63. The minimum absolute atomic E-state index is 0.159. The van der Waals surface area contributed by atoms with Crippen LogP contribution in [0.3, 0.4) is 0 Å². The molecule has 1 aromatic carbocycles. The van der Waals surface area contributed by atoms with Crippen LogP contribution in [0.2, 0.25) is 0 Å². The van der Waals surface area contributed by atoms with Gasteiger partial charge in [0.1, 0.15) is 11.2 Å². The van der Waals surface area contributed by atoms with Crippen molar-refractivity contribution in [3.63, 3.8) is 0 Å². The van der Waals surface area contributed by atoms with Gasteiger partial charge in [-0.25, -0.2) is 0 Å². The van der Waals surface area contributed by atoms with Crippen LogP contribution < -0.4 is 4.74 Å². The molecule has 1 aromatic rings. The molecule has 4 nitrogen and oxygen atoms in total. The lowest BCUT2D eigenvalue weighted by atomic mass is 9.74. The second-order valence-corrected chi connectivity index (χ2v) is 6.83. The molecule has 1 saturated carbocycles. The van der Waals surface area contributed by atoms with Gasteiger partial charge >= 0.3 is 5.97 Å². The molecule has 2 unspecified atom stereocenters. The number of methoxy groups -OCH3 is 1. The van der Waals surface area contributed by atoms with Crippen LogP contribution in [0.1, 0.15) is 24.8 Å². The maximum Gasteiger partial charge on any atom is 0.312 e. The summed E-state index contributed by atoms with van der Waals surface area (Å²) in [7, 11) is 1.62. The number of carboxylic acids is 1. The number of carbonyl (C=O) groups is 1. The van der Waals surface area contributed by atoms with Gasteiger partial charge in [-0.15, -0.1) is 0 Å². The van der Waals surface area contributed by atoms with E-state index in [-0.39, 0.29) is 6.10 Å². The molecule has 21 heavy (non-hydrogen) atoms. The Morgan fingerprint density at radius 1 is 1.52 bits per heavy atom. The van der Waals surface area contributed by atoms with Crippen molar-refractivity contribution in [2.45, 2.75) is 31.8 Å². The first-order valence-corrected chi connectivity index (χ1v) is 8.03. The van der Waals surface area contributed by atoms with Gasteiger partial charge in [-0.2, -0.15) is 0 Å². The van der Waals surface area contributed by atoms with Gasteiger partial charge in [-0.05, 0) is 55.4 Å². The second kappa shape index (κ2) is 5.61. The van der Waals surface area contributed by atoms with Crippen molar-refractivity contribution in [3.8, 4) is 5.75 Å². The topological polar surface area (TPSA) is 55.8 Å². The van der Waals surface area contributed by atoms with Crippen molar-refractivity contribution in [3.05, 3.63) is 28.2 Å². The first-order chi connectivity index (χ1) is 10.1. The summed E-state index contributed by atoms with van der Waals surface area (Å²) in [6, 6.07) is 5.69. The van der Waals surface area contributed by atoms with Crippen molar-refractivity contribution in [2.75, 3.05) is 13.7 Å². The van der Waals surface area contributed by atoms with E-state index in [9.17, 15) is 9.90 Å². The van der Waals surface area contributed by atoms with Crippen LogP contribution >= 0.6 is 15.9 Å². The van der Waals surface area contributed by atoms with E-state index >= 15 is 0 Å². The lowest BCUT2D eigenvalue weighted by Gasteiger charge is -2.30. The molecule has 2 aliphatic rings. The van der Waals surface area contributed by atoms with Crippen LogP contribution in [0.4, 0.5) is 0 Å². The molecular formula is C16H19BrO4. The van der Waals surface area contributed by atoms with Gasteiger partial charge in [0.25, 0.3) is 0 Å². The summed E-state index contributed by atoms with van der Waals surface area (Å²) in [6.45, 7) is 0.537. The summed E-state index contributed by atoms with van der Waals surface area (Å²) in [5.74, 6) is 0.412. The number of carboxylic acid groups (broad SMARTS) is 1. The zero-order valence-electron chi connectivity index (χ0n) is 12.0. The molecule has 2 fully saturated rings. The molecule has 5 heteroatoms. The van der Waals surface area contributed by atoms with Crippen molar-refractivity contribution in [1.29, 1.82) is 0 Å². The maximum atomic E-state index is 12.0. The Kier molecular flexibility index (Phi) is 3.97. The smallest absolute Gasteiger partial charge is 0.312 e. The van der Waals surface area contributed by atoms with E-state index in [1.54, 1.807) is 7.11 Å². The van der Waals surface area contributed by atoms with Gasteiger partial charge in [-0.1, -0.05) is 15.9 Å². The number of ether oxygens (including phenoxy) is 2. The first kappa shape index (κ1) is 14.9. The zero-order chi connectivity index (χ0) is 15.0. The summed E-state index contributed by atoms with van der Waals surface area (Å²) in [5, 5.41) is 9.86. The number of aliphatic carboxylic acids is 1. The summed E-state index contributed by atoms with van der Waals surface area (Å²) >= 11 is 3.52. The normalized spacial score (nSPS) is 28.6. The third-order valence-corrected chi connectivity index (χ3v) is 5.40. The first-order valence-electron chi connectivity index (χ1n) is 7.24. The number of hydrogen-bond acceptors (Lipinski definition) is 3. The van der Waals surface area contributed by atoms with E-state index in [0.717, 1.165) is 28.6 Å². The lowest BCUT2D eigenvalue weighted by Crippen LogP contribution is -2.42. The van der Waals surface area contributed by atoms with Crippen LogP contribution in [0.25, 0.3) is 0 Å². The van der Waals surface area contributed by atoms with Crippen LogP contribution in [-0.4, -0.2) is 30.9 Å². The average molecular weight is 355 g/mol. The summed E-state index contributed by atoms with van der Waals surface area (Å²) < 4.78 is 12.0. The summed E-state index contributed by atoms with van der Waals surface area (Å²) in [5.41, 5.74) is 0.156. The molecule has 3 rings (SSSR count).